The van der Waals surface area contributed by atoms with Crippen LogP contribution in [0.5, 0.6) is 0 Å². The van der Waals surface area contributed by atoms with E-state index in [2.05, 4.69) is 24.3 Å². The van der Waals surface area contributed by atoms with Gasteiger partial charge in [-0.05, 0) is 11.1 Å². The molecule has 0 saturated heterocycles. The van der Waals surface area contributed by atoms with Crippen LogP contribution in [0, 0.1) is 5.92 Å². The number of carbonyl (C=O) groups is 1. The lowest BCUT2D eigenvalue weighted by molar-refractivity contribution is -0.136. The van der Waals surface area contributed by atoms with E-state index >= 15 is 0 Å². The van der Waals surface area contributed by atoms with Crippen molar-refractivity contribution >= 4 is 5.97 Å². The van der Waals surface area contributed by atoms with Crippen LogP contribution in [0.4, 0.5) is 0 Å². The van der Waals surface area contributed by atoms with Crippen molar-refractivity contribution in [2.24, 2.45) is 5.92 Å². The van der Waals surface area contributed by atoms with Gasteiger partial charge < -0.3 is 4.74 Å². The van der Waals surface area contributed by atoms with Gasteiger partial charge in [0.1, 0.15) is 6.61 Å². The molecule has 2 aliphatic rings. The van der Waals surface area contributed by atoms with E-state index in [9.17, 15) is 4.79 Å². The number of cyclic esters (lactones) is 1. The number of rotatable bonds is 1. The van der Waals surface area contributed by atoms with E-state index < -0.39 is 0 Å². The first-order chi connectivity index (χ1) is 8.27. The summed E-state index contributed by atoms with van der Waals surface area (Å²) in [5, 5.41) is 0. The standard InChI is InChI=1S/C15H14O2/c1-10-7-8-12(11-5-3-2-4-6-11)13-9-17-15(16)14(10)13/h2-8,10,12H,9H2,1H3/t10-,12-/m0/s1. The van der Waals surface area contributed by atoms with Crippen LogP contribution in [0.2, 0.25) is 0 Å². The molecule has 0 saturated carbocycles. The Kier molecular flexibility index (Phi) is 2.36. The Bertz CT molecular complexity index is 511. The van der Waals surface area contributed by atoms with Crippen LogP contribution in [0.3, 0.4) is 0 Å². The van der Waals surface area contributed by atoms with E-state index in [1.165, 1.54) is 5.56 Å². The highest BCUT2D eigenvalue weighted by Crippen LogP contribution is 2.39. The Hall–Kier alpha value is -1.83. The largest absolute Gasteiger partial charge is 0.458 e. The zero-order valence-corrected chi connectivity index (χ0v) is 9.72. The summed E-state index contributed by atoms with van der Waals surface area (Å²) in [4.78, 5) is 11.7. The quantitative estimate of drug-likeness (QED) is 0.543. The Morgan fingerprint density at radius 3 is 2.71 bits per heavy atom. The minimum Gasteiger partial charge on any atom is -0.458 e. The Morgan fingerprint density at radius 1 is 1.18 bits per heavy atom. The van der Waals surface area contributed by atoms with Gasteiger partial charge in [-0.3, -0.25) is 0 Å². The molecule has 0 amide bonds. The first-order valence-corrected chi connectivity index (χ1v) is 5.90. The molecule has 2 heteroatoms. The Labute approximate surface area is 101 Å². The van der Waals surface area contributed by atoms with Gasteiger partial charge in [-0.2, -0.15) is 0 Å². The normalized spacial score (nSPS) is 27.0. The SMILES string of the molecule is C[C@H]1C=C[C@@H](c2ccccc2)C2=C1C(=O)OC2. The van der Waals surface area contributed by atoms with Crippen LogP contribution in [0.15, 0.2) is 53.6 Å². The first kappa shape index (κ1) is 10.3. The second-order valence-electron chi connectivity index (χ2n) is 4.58. The molecule has 0 radical (unpaired) electrons. The lowest BCUT2D eigenvalue weighted by atomic mass is 9.80. The maximum Gasteiger partial charge on any atom is 0.335 e. The number of hydrogen-bond acceptors (Lipinski definition) is 2. The number of esters is 1. The van der Waals surface area contributed by atoms with Crippen molar-refractivity contribution in [2.45, 2.75) is 12.8 Å². The fourth-order valence-electron chi connectivity index (χ4n) is 2.63. The average Bonchev–Trinajstić information content (AvgIpc) is 2.74. The minimum atomic E-state index is -0.141. The van der Waals surface area contributed by atoms with Gasteiger partial charge in [0, 0.05) is 17.4 Å². The average molecular weight is 226 g/mol. The molecule has 0 fully saturated rings. The molecule has 2 atom stereocenters. The highest BCUT2D eigenvalue weighted by Gasteiger charge is 2.34. The molecule has 1 heterocycles. The molecule has 0 N–H and O–H groups in total. The molecule has 0 spiro atoms. The van der Waals surface area contributed by atoms with Crippen molar-refractivity contribution in [1.29, 1.82) is 0 Å². The van der Waals surface area contributed by atoms with Gasteiger partial charge in [-0.25, -0.2) is 4.79 Å². The van der Waals surface area contributed by atoms with Crippen molar-refractivity contribution in [1.82, 2.24) is 0 Å². The topological polar surface area (TPSA) is 26.3 Å². The summed E-state index contributed by atoms with van der Waals surface area (Å²) in [5.41, 5.74) is 3.22. The maximum atomic E-state index is 11.7. The summed E-state index contributed by atoms with van der Waals surface area (Å²) in [6.07, 6.45) is 4.28. The van der Waals surface area contributed by atoms with Crippen LogP contribution in [-0.2, 0) is 9.53 Å². The third-order valence-corrected chi connectivity index (χ3v) is 3.51. The molecule has 0 bridgehead atoms. The van der Waals surface area contributed by atoms with Gasteiger partial charge in [0.2, 0.25) is 0 Å². The van der Waals surface area contributed by atoms with Crippen molar-refractivity contribution < 1.29 is 9.53 Å². The smallest absolute Gasteiger partial charge is 0.335 e. The molecule has 3 rings (SSSR count). The molecule has 0 unspecified atom stereocenters. The van der Waals surface area contributed by atoms with E-state index in [4.69, 9.17) is 4.74 Å². The molecule has 1 aromatic carbocycles. The molecule has 0 aromatic heterocycles. The van der Waals surface area contributed by atoms with Gasteiger partial charge in [0.25, 0.3) is 0 Å². The summed E-state index contributed by atoms with van der Waals surface area (Å²) in [6, 6.07) is 10.2. The number of hydrogen-bond donors (Lipinski definition) is 0. The lowest BCUT2D eigenvalue weighted by Crippen LogP contribution is -2.13. The van der Waals surface area contributed by atoms with E-state index in [0.717, 1.165) is 11.1 Å². The van der Waals surface area contributed by atoms with E-state index in [0.29, 0.717) is 6.61 Å². The van der Waals surface area contributed by atoms with Crippen LogP contribution >= 0.6 is 0 Å². The molecule has 17 heavy (non-hydrogen) atoms. The second-order valence-corrected chi connectivity index (χ2v) is 4.58. The molecule has 86 valence electrons. The molecule has 2 nitrogen and oxygen atoms in total. The summed E-state index contributed by atoms with van der Waals surface area (Å²) in [5.74, 6) is 0.242. The third kappa shape index (κ3) is 1.60. The highest BCUT2D eigenvalue weighted by molar-refractivity contribution is 5.93. The predicted octanol–water partition coefficient (Wildman–Crippen LogP) is 2.83. The molecular weight excluding hydrogens is 212 g/mol. The summed E-state index contributed by atoms with van der Waals surface area (Å²) < 4.78 is 5.17. The van der Waals surface area contributed by atoms with Crippen molar-refractivity contribution in [3.63, 3.8) is 0 Å². The Morgan fingerprint density at radius 2 is 1.94 bits per heavy atom. The highest BCUT2D eigenvalue weighted by atomic mass is 16.5. The predicted molar refractivity (Wildman–Crippen MR) is 65.5 cm³/mol. The molecule has 1 aliphatic heterocycles. The lowest BCUT2D eigenvalue weighted by Gasteiger charge is -2.21. The fraction of sp³-hybridized carbons (Fsp3) is 0.267. The van der Waals surface area contributed by atoms with Gasteiger partial charge in [-0.1, -0.05) is 49.4 Å². The van der Waals surface area contributed by atoms with Gasteiger partial charge in [0.05, 0.1) is 0 Å². The number of allylic oxidation sites excluding steroid dienone is 2. The van der Waals surface area contributed by atoms with Crippen LogP contribution in [0.1, 0.15) is 18.4 Å². The molecular formula is C15H14O2. The zero-order valence-electron chi connectivity index (χ0n) is 9.72. The first-order valence-electron chi connectivity index (χ1n) is 5.90. The monoisotopic (exact) mass is 226 g/mol. The van der Waals surface area contributed by atoms with E-state index in [1.807, 2.05) is 25.1 Å². The third-order valence-electron chi connectivity index (χ3n) is 3.51. The number of benzene rings is 1. The van der Waals surface area contributed by atoms with Crippen LogP contribution in [-0.4, -0.2) is 12.6 Å². The number of carbonyl (C=O) groups excluding carboxylic acids is 1. The fourth-order valence-corrected chi connectivity index (χ4v) is 2.63. The van der Waals surface area contributed by atoms with Gasteiger partial charge in [-0.15, -0.1) is 0 Å². The van der Waals surface area contributed by atoms with Crippen molar-refractivity contribution in [3.05, 3.63) is 59.2 Å². The maximum absolute atomic E-state index is 11.7. The summed E-state index contributed by atoms with van der Waals surface area (Å²) in [6.45, 7) is 2.49. The van der Waals surface area contributed by atoms with Crippen LogP contribution < -0.4 is 0 Å². The molecule has 1 aliphatic carbocycles. The minimum absolute atomic E-state index is 0.141. The van der Waals surface area contributed by atoms with E-state index in [-0.39, 0.29) is 17.8 Å². The second kappa shape index (κ2) is 3.88. The van der Waals surface area contributed by atoms with Crippen LogP contribution in [0.25, 0.3) is 0 Å². The van der Waals surface area contributed by atoms with Gasteiger partial charge >= 0.3 is 5.97 Å². The molecule has 1 aromatic rings. The van der Waals surface area contributed by atoms with E-state index in [1.54, 1.807) is 0 Å². The van der Waals surface area contributed by atoms with Crippen molar-refractivity contribution in [3.8, 4) is 0 Å². The number of ether oxygens (including phenoxy) is 1. The summed E-state index contributed by atoms with van der Waals surface area (Å²) >= 11 is 0. The Balaban J connectivity index is 2.05. The van der Waals surface area contributed by atoms with Gasteiger partial charge in [0.15, 0.2) is 0 Å². The zero-order chi connectivity index (χ0) is 11.8. The van der Waals surface area contributed by atoms with Crippen molar-refractivity contribution in [2.75, 3.05) is 6.61 Å². The summed E-state index contributed by atoms with van der Waals surface area (Å²) in [7, 11) is 0.